The van der Waals surface area contributed by atoms with Crippen LogP contribution in [0.2, 0.25) is 0 Å². The Labute approximate surface area is 93.5 Å². The first-order chi connectivity index (χ1) is 7.79. The summed E-state index contributed by atoms with van der Waals surface area (Å²) in [7, 11) is 0. The number of nitrogens with two attached hydrogens (primary N) is 1. The smallest absolute Gasteiger partial charge is 0.173 e. The highest BCUT2D eigenvalue weighted by Crippen LogP contribution is 2.18. The molecule has 0 aliphatic heterocycles. The zero-order valence-corrected chi connectivity index (χ0v) is 8.51. The van der Waals surface area contributed by atoms with Gasteiger partial charge in [0.25, 0.3) is 0 Å². The third-order valence-electron chi connectivity index (χ3n) is 2.02. The van der Waals surface area contributed by atoms with Gasteiger partial charge in [0.1, 0.15) is 0 Å². The number of hydrogen-bond donors (Lipinski definition) is 2. The minimum Gasteiger partial charge on any atom is -0.381 e. The highest BCUT2D eigenvalue weighted by molar-refractivity contribution is 5.66. The van der Waals surface area contributed by atoms with E-state index in [-0.39, 0.29) is 0 Å². The molecule has 1 aromatic carbocycles. The zero-order valence-electron chi connectivity index (χ0n) is 8.51. The summed E-state index contributed by atoms with van der Waals surface area (Å²) >= 11 is 0. The Bertz CT molecular complexity index is 543. The van der Waals surface area contributed by atoms with Crippen molar-refractivity contribution in [2.75, 3.05) is 11.1 Å². The van der Waals surface area contributed by atoms with Crippen molar-refractivity contribution in [1.29, 1.82) is 0 Å². The molecule has 0 aliphatic rings. The first kappa shape index (κ1) is 9.99. The predicted octanol–water partition coefficient (Wildman–Crippen LogP) is 1.78. The van der Waals surface area contributed by atoms with Gasteiger partial charge in [0.05, 0.1) is 0 Å². The van der Waals surface area contributed by atoms with Crippen molar-refractivity contribution < 1.29 is 0 Å². The number of hydrogen-bond acceptors (Lipinski definition) is 4. The first-order valence-electron chi connectivity index (χ1n) is 4.70. The Morgan fingerprint density at radius 2 is 2.06 bits per heavy atom. The van der Waals surface area contributed by atoms with Gasteiger partial charge < -0.3 is 11.1 Å². The Morgan fingerprint density at radius 3 is 2.81 bits per heavy atom. The maximum atomic E-state index is 5.66. The van der Waals surface area contributed by atoms with Crippen LogP contribution in [-0.4, -0.2) is 9.97 Å². The molecule has 0 radical (unpaired) electrons. The van der Waals surface area contributed by atoms with Crippen LogP contribution in [-0.2, 0) is 0 Å². The number of terminal acetylenes is 1. The highest BCUT2D eigenvalue weighted by atomic mass is 15.0. The van der Waals surface area contributed by atoms with Crippen LogP contribution < -0.4 is 11.1 Å². The predicted molar refractivity (Wildman–Crippen MR) is 64.1 cm³/mol. The molecule has 0 atom stereocenters. The minimum atomic E-state index is 0.355. The quantitative estimate of drug-likeness (QED) is 0.742. The van der Waals surface area contributed by atoms with Gasteiger partial charge in [-0.15, -0.1) is 6.42 Å². The highest BCUT2D eigenvalue weighted by Gasteiger charge is 2.01. The van der Waals surface area contributed by atoms with Crippen LogP contribution in [0.25, 0.3) is 0 Å². The SMILES string of the molecule is C#Cc1cccc(Nc2nccnc2N)c1. The number of aromatic nitrogens is 2. The van der Waals surface area contributed by atoms with Crippen molar-refractivity contribution in [2.45, 2.75) is 0 Å². The molecular formula is C12H10N4. The lowest BCUT2D eigenvalue weighted by atomic mass is 10.2. The topological polar surface area (TPSA) is 63.8 Å². The molecule has 4 heteroatoms. The number of rotatable bonds is 2. The van der Waals surface area contributed by atoms with E-state index in [4.69, 9.17) is 12.2 Å². The van der Waals surface area contributed by atoms with Crippen LogP contribution in [0.1, 0.15) is 5.56 Å². The summed E-state index contributed by atoms with van der Waals surface area (Å²) < 4.78 is 0. The first-order valence-corrected chi connectivity index (χ1v) is 4.70. The van der Waals surface area contributed by atoms with E-state index in [0.717, 1.165) is 11.3 Å². The molecule has 0 saturated carbocycles. The van der Waals surface area contributed by atoms with Crippen LogP contribution in [0.5, 0.6) is 0 Å². The monoisotopic (exact) mass is 210 g/mol. The molecule has 16 heavy (non-hydrogen) atoms. The van der Waals surface area contributed by atoms with Crippen LogP contribution in [0.15, 0.2) is 36.7 Å². The Kier molecular flexibility index (Phi) is 2.70. The summed E-state index contributed by atoms with van der Waals surface area (Å²) in [4.78, 5) is 8.01. The molecule has 0 amide bonds. The van der Waals surface area contributed by atoms with Gasteiger partial charge in [-0.05, 0) is 18.2 Å². The van der Waals surface area contributed by atoms with E-state index in [0.29, 0.717) is 11.6 Å². The Hall–Kier alpha value is -2.54. The molecule has 0 saturated heterocycles. The second-order valence-corrected chi connectivity index (χ2v) is 3.14. The van der Waals surface area contributed by atoms with E-state index in [9.17, 15) is 0 Å². The molecule has 3 N–H and O–H groups in total. The summed E-state index contributed by atoms with van der Waals surface area (Å²) in [6.07, 6.45) is 8.42. The molecule has 78 valence electrons. The van der Waals surface area contributed by atoms with E-state index < -0.39 is 0 Å². The molecule has 4 nitrogen and oxygen atoms in total. The van der Waals surface area contributed by atoms with E-state index >= 15 is 0 Å². The van der Waals surface area contributed by atoms with E-state index in [1.54, 1.807) is 12.4 Å². The van der Waals surface area contributed by atoms with Crippen LogP contribution in [0, 0.1) is 12.3 Å². The summed E-state index contributed by atoms with van der Waals surface area (Å²) in [6.45, 7) is 0. The summed E-state index contributed by atoms with van der Waals surface area (Å²) in [5.74, 6) is 3.44. The normalized spacial score (nSPS) is 9.44. The summed E-state index contributed by atoms with van der Waals surface area (Å²) in [5, 5.41) is 3.05. The molecule has 1 heterocycles. The molecule has 0 unspecified atom stereocenters. The van der Waals surface area contributed by atoms with Crippen molar-refractivity contribution in [3.05, 3.63) is 42.2 Å². The average molecular weight is 210 g/mol. The number of nitrogen functional groups attached to an aromatic ring is 1. The van der Waals surface area contributed by atoms with Crippen molar-refractivity contribution in [3.63, 3.8) is 0 Å². The second-order valence-electron chi connectivity index (χ2n) is 3.14. The Morgan fingerprint density at radius 1 is 1.25 bits per heavy atom. The lowest BCUT2D eigenvalue weighted by molar-refractivity contribution is 1.21. The maximum absolute atomic E-state index is 5.66. The lowest BCUT2D eigenvalue weighted by Gasteiger charge is -2.06. The molecular weight excluding hydrogens is 200 g/mol. The third-order valence-corrected chi connectivity index (χ3v) is 2.02. The van der Waals surface area contributed by atoms with Gasteiger partial charge in [-0.1, -0.05) is 12.0 Å². The lowest BCUT2D eigenvalue weighted by Crippen LogP contribution is -2.00. The van der Waals surface area contributed by atoms with Crippen molar-refractivity contribution >= 4 is 17.3 Å². The van der Waals surface area contributed by atoms with E-state index in [2.05, 4.69) is 21.2 Å². The van der Waals surface area contributed by atoms with Gasteiger partial charge in [-0.2, -0.15) is 0 Å². The molecule has 1 aromatic heterocycles. The summed E-state index contributed by atoms with van der Waals surface area (Å²) in [5.41, 5.74) is 7.30. The Balaban J connectivity index is 2.28. The van der Waals surface area contributed by atoms with Crippen LogP contribution in [0.3, 0.4) is 0 Å². The molecule has 2 rings (SSSR count). The number of benzene rings is 1. The van der Waals surface area contributed by atoms with Crippen LogP contribution >= 0.6 is 0 Å². The fraction of sp³-hybridized carbons (Fsp3) is 0. The maximum Gasteiger partial charge on any atom is 0.173 e. The van der Waals surface area contributed by atoms with Gasteiger partial charge >= 0.3 is 0 Å². The summed E-state index contributed by atoms with van der Waals surface area (Å²) in [6, 6.07) is 7.44. The molecule has 0 aliphatic carbocycles. The second kappa shape index (κ2) is 4.32. The van der Waals surface area contributed by atoms with Gasteiger partial charge in [-0.25, -0.2) is 9.97 Å². The van der Waals surface area contributed by atoms with Gasteiger partial charge in [-0.3, -0.25) is 0 Å². The molecule has 0 bridgehead atoms. The fourth-order valence-corrected chi connectivity index (χ4v) is 1.27. The van der Waals surface area contributed by atoms with Gasteiger partial charge in [0, 0.05) is 23.6 Å². The largest absolute Gasteiger partial charge is 0.381 e. The molecule has 0 spiro atoms. The van der Waals surface area contributed by atoms with Crippen molar-refractivity contribution in [3.8, 4) is 12.3 Å². The van der Waals surface area contributed by atoms with E-state index in [1.807, 2.05) is 24.3 Å². The third kappa shape index (κ3) is 2.10. The molecule has 0 fully saturated rings. The number of anilines is 3. The number of nitrogens with zero attached hydrogens (tertiary/aromatic N) is 2. The fourth-order valence-electron chi connectivity index (χ4n) is 1.27. The van der Waals surface area contributed by atoms with Crippen molar-refractivity contribution in [1.82, 2.24) is 9.97 Å². The van der Waals surface area contributed by atoms with Crippen LogP contribution in [0.4, 0.5) is 17.3 Å². The zero-order chi connectivity index (χ0) is 11.4. The standard InChI is InChI=1S/C12H10N4/c1-2-9-4-3-5-10(8-9)16-12-11(13)14-6-7-15-12/h1,3-8H,(H2,13,14)(H,15,16). The van der Waals surface area contributed by atoms with Gasteiger partial charge in [0.15, 0.2) is 11.6 Å². The van der Waals surface area contributed by atoms with E-state index in [1.165, 1.54) is 0 Å². The number of nitrogens with one attached hydrogen (secondary N) is 1. The van der Waals surface area contributed by atoms with Gasteiger partial charge in [0.2, 0.25) is 0 Å². The minimum absolute atomic E-state index is 0.355. The molecule has 2 aromatic rings. The van der Waals surface area contributed by atoms with Crippen molar-refractivity contribution in [2.24, 2.45) is 0 Å². The average Bonchev–Trinajstić information content (AvgIpc) is 2.32.